The second kappa shape index (κ2) is 5.69. The molecule has 0 aromatic heterocycles. The van der Waals surface area contributed by atoms with Gasteiger partial charge in [-0.15, -0.1) is 0 Å². The van der Waals surface area contributed by atoms with Crippen LogP contribution in [-0.4, -0.2) is 48.6 Å². The minimum absolute atomic E-state index is 0.0168. The summed E-state index contributed by atoms with van der Waals surface area (Å²) in [5.41, 5.74) is -0.810. The third-order valence-electron chi connectivity index (χ3n) is 3.21. The Labute approximate surface area is 109 Å². The summed E-state index contributed by atoms with van der Waals surface area (Å²) in [6.45, 7) is 8.56. The fraction of sp³-hybridized carbons (Fsp3) is 0.846. The van der Waals surface area contributed by atoms with Gasteiger partial charge in [-0.3, -0.25) is 9.59 Å². The fourth-order valence-corrected chi connectivity index (χ4v) is 2.34. The number of piperazine rings is 1. The zero-order valence-electron chi connectivity index (χ0n) is 11.9. The Morgan fingerprint density at radius 1 is 1.39 bits per heavy atom. The van der Waals surface area contributed by atoms with Gasteiger partial charge in [-0.25, -0.2) is 0 Å². The fourth-order valence-electron chi connectivity index (χ4n) is 2.34. The van der Waals surface area contributed by atoms with E-state index in [-0.39, 0.29) is 23.8 Å². The van der Waals surface area contributed by atoms with Crippen LogP contribution in [0, 0.1) is 5.92 Å². The van der Waals surface area contributed by atoms with Crippen molar-refractivity contribution in [2.75, 3.05) is 20.3 Å². The van der Waals surface area contributed by atoms with Gasteiger partial charge in [-0.2, -0.15) is 0 Å². The molecule has 0 radical (unpaired) electrons. The highest BCUT2D eigenvalue weighted by atomic mass is 16.5. The Morgan fingerprint density at radius 3 is 2.50 bits per heavy atom. The van der Waals surface area contributed by atoms with Gasteiger partial charge in [0.2, 0.25) is 11.8 Å². The van der Waals surface area contributed by atoms with Gasteiger partial charge in [0.25, 0.3) is 0 Å². The lowest BCUT2D eigenvalue weighted by Gasteiger charge is -2.44. The summed E-state index contributed by atoms with van der Waals surface area (Å²) >= 11 is 0. The molecule has 0 aliphatic carbocycles. The van der Waals surface area contributed by atoms with Gasteiger partial charge in [0, 0.05) is 20.3 Å². The second-order valence-electron chi connectivity index (χ2n) is 5.65. The molecule has 1 heterocycles. The normalized spacial score (nSPS) is 23.4. The van der Waals surface area contributed by atoms with E-state index in [1.807, 2.05) is 13.8 Å². The number of nitrogens with one attached hydrogen (secondary N) is 1. The van der Waals surface area contributed by atoms with Gasteiger partial charge in [-0.1, -0.05) is 13.8 Å². The van der Waals surface area contributed by atoms with E-state index < -0.39 is 5.54 Å². The van der Waals surface area contributed by atoms with Crippen molar-refractivity contribution in [1.29, 1.82) is 0 Å². The van der Waals surface area contributed by atoms with Crippen LogP contribution in [0.1, 0.15) is 34.1 Å². The molecule has 104 valence electrons. The topological polar surface area (TPSA) is 58.6 Å². The molecule has 1 fully saturated rings. The number of amides is 2. The van der Waals surface area contributed by atoms with E-state index in [1.165, 1.54) is 0 Å². The summed E-state index contributed by atoms with van der Waals surface area (Å²) in [7, 11) is 1.63. The van der Waals surface area contributed by atoms with Crippen molar-refractivity contribution in [2.24, 2.45) is 5.92 Å². The number of carbonyl (C=O) groups is 2. The summed E-state index contributed by atoms with van der Waals surface area (Å²) in [5, 5.41) is 2.80. The van der Waals surface area contributed by atoms with E-state index in [0.29, 0.717) is 13.2 Å². The van der Waals surface area contributed by atoms with Crippen molar-refractivity contribution in [3.05, 3.63) is 0 Å². The average molecular weight is 256 g/mol. The van der Waals surface area contributed by atoms with Gasteiger partial charge in [0.05, 0.1) is 0 Å². The van der Waals surface area contributed by atoms with Crippen LogP contribution in [0.3, 0.4) is 0 Å². The van der Waals surface area contributed by atoms with Crippen molar-refractivity contribution >= 4 is 11.8 Å². The molecule has 1 N–H and O–H groups in total. The molecule has 0 aromatic carbocycles. The van der Waals surface area contributed by atoms with E-state index in [0.717, 1.165) is 6.42 Å². The van der Waals surface area contributed by atoms with Crippen molar-refractivity contribution in [1.82, 2.24) is 10.2 Å². The summed E-state index contributed by atoms with van der Waals surface area (Å²) in [4.78, 5) is 26.2. The number of rotatable bonds is 5. The van der Waals surface area contributed by atoms with Crippen molar-refractivity contribution < 1.29 is 14.3 Å². The molecule has 1 unspecified atom stereocenters. The maximum atomic E-state index is 12.4. The molecule has 0 saturated carbocycles. The Hall–Kier alpha value is -1.10. The monoisotopic (exact) mass is 256 g/mol. The lowest BCUT2D eigenvalue weighted by Crippen LogP contribution is -2.69. The quantitative estimate of drug-likeness (QED) is 0.740. The number of hydrogen-bond donors (Lipinski definition) is 1. The maximum Gasteiger partial charge on any atom is 0.248 e. The third-order valence-corrected chi connectivity index (χ3v) is 3.21. The Balaban J connectivity index is 2.88. The molecule has 0 bridgehead atoms. The van der Waals surface area contributed by atoms with Crippen molar-refractivity contribution in [3.8, 4) is 0 Å². The first-order chi connectivity index (χ1) is 8.31. The van der Waals surface area contributed by atoms with Crippen LogP contribution < -0.4 is 5.32 Å². The molecule has 1 aliphatic rings. The number of nitrogens with zero attached hydrogens (tertiary/aromatic N) is 1. The summed E-state index contributed by atoms with van der Waals surface area (Å²) in [5.74, 6) is 0.0246. The highest BCUT2D eigenvalue weighted by Gasteiger charge is 2.45. The molecule has 1 aliphatic heterocycles. The van der Waals surface area contributed by atoms with Crippen LogP contribution in [0.25, 0.3) is 0 Å². The van der Waals surface area contributed by atoms with Crippen LogP contribution >= 0.6 is 0 Å². The minimum Gasteiger partial charge on any atom is -0.385 e. The maximum absolute atomic E-state index is 12.4. The molecular formula is C13H24N2O3. The van der Waals surface area contributed by atoms with Crippen molar-refractivity contribution in [3.63, 3.8) is 0 Å². The highest BCUT2D eigenvalue weighted by Crippen LogP contribution is 2.22. The highest BCUT2D eigenvalue weighted by molar-refractivity contribution is 5.99. The summed E-state index contributed by atoms with van der Waals surface area (Å²) < 4.78 is 5.00. The zero-order valence-corrected chi connectivity index (χ0v) is 11.9. The van der Waals surface area contributed by atoms with E-state index in [4.69, 9.17) is 4.74 Å². The molecule has 2 amide bonds. The lowest BCUT2D eigenvalue weighted by atomic mass is 9.91. The predicted octanol–water partition coefficient (Wildman–Crippen LogP) is 0.784. The Kier molecular flexibility index (Phi) is 4.73. The molecule has 1 rings (SSSR count). The van der Waals surface area contributed by atoms with E-state index in [9.17, 15) is 9.59 Å². The van der Waals surface area contributed by atoms with E-state index in [1.54, 1.807) is 25.9 Å². The molecule has 0 spiro atoms. The van der Waals surface area contributed by atoms with Crippen LogP contribution in [0.5, 0.6) is 0 Å². The Morgan fingerprint density at radius 2 is 2.00 bits per heavy atom. The zero-order chi connectivity index (χ0) is 13.9. The molecule has 1 saturated heterocycles. The number of carbonyl (C=O) groups excluding carboxylic acids is 2. The number of hydrogen-bond acceptors (Lipinski definition) is 3. The van der Waals surface area contributed by atoms with Gasteiger partial charge in [-0.05, 0) is 26.2 Å². The molecule has 0 aromatic rings. The van der Waals surface area contributed by atoms with Crippen LogP contribution in [0.4, 0.5) is 0 Å². The first kappa shape index (κ1) is 15.0. The minimum atomic E-state index is -0.810. The molecule has 5 heteroatoms. The molecule has 18 heavy (non-hydrogen) atoms. The largest absolute Gasteiger partial charge is 0.385 e. The standard InChI is InChI=1S/C13H24N2O3/c1-9(2)10-11(16)14-13(3,4)12(17)15(10)7-6-8-18-5/h9-10H,6-8H2,1-5H3,(H,14,16). The van der Waals surface area contributed by atoms with Gasteiger partial charge in [0.15, 0.2) is 0 Å². The summed E-state index contributed by atoms with van der Waals surface area (Å²) in [6, 6.07) is -0.373. The summed E-state index contributed by atoms with van der Waals surface area (Å²) in [6.07, 6.45) is 0.745. The SMILES string of the molecule is COCCCN1C(=O)C(C)(C)NC(=O)C1C(C)C. The lowest BCUT2D eigenvalue weighted by molar-refractivity contribution is -0.155. The third kappa shape index (κ3) is 3.02. The smallest absolute Gasteiger partial charge is 0.248 e. The number of ether oxygens (including phenoxy) is 1. The first-order valence-electron chi connectivity index (χ1n) is 6.43. The molecule has 1 atom stereocenters. The predicted molar refractivity (Wildman–Crippen MR) is 69.1 cm³/mol. The van der Waals surface area contributed by atoms with Gasteiger partial charge in [0.1, 0.15) is 11.6 Å². The first-order valence-corrected chi connectivity index (χ1v) is 6.43. The van der Waals surface area contributed by atoms with Gasteiger partial charge >= 0.3 is 0 Å². The van der Waals surface area contributed by atoms with Crippen molar-refractivity contribution in [2.45, 2.75) is 45.7 Å². The Bertz CT molecular complexity index is 326. The van der Waals surface area contributed by atoms with Crippen LogP contribution in [0.15, 0.2) is 0 Å². The van der Waals surface area contributed by atoms with Gasteiger partial charge < -0.3 is 15.0 Å². The van der Waals surface area contributed by atoms with E-state index in [2.05, 4.69) is 5.32 Å². The molecule has 5 nitrogen and oxygen atoms in total. The van der Waals surface area contributed by atoms with E-state index >= 15 is 0 Å². The number of methoxy groups -OCH3 is 1. The molecular weight excluding hydrogens is 232 g/mol. The van der Waals surface area contributed by atoms with Crippen LogP contribution in [0.2, 0.25) is 0 Å². The average Bonchev–Trinajstić information content (AvgIpc) is 2.24. The van der Waals surface area contributed by atoms with Crippen LogP contribution in [-0.2, 0) is 14.3 Å². The second-order valence-corrected chi connectivity index (χ2v) is 5.65.